The largest absolute Gasteiger partial charge is 0.760 e. The van der Waals surface area contributed by atoms with Gasteiger partial charge in [-0.3, -0.25) is 4.21 Å². The van der Waals surface area contributed by atoms with E-state index in [2.05, 4.69) is 11.6 Å². The van der Waals surface area contributed by atoms with Gasteiger partial charge in [0.1, 0.15) is 0 Å². The summed E-state index contributed by atoms with van der Waals surface area (Å²) in [7, 11) is 0. The van der Waals surface area contributed by atoms with Crippen LogP contribution in [0.3, 0.4) is 0 Å². The van der Waals surface area contributed by atoms with Crippen molar-refractivity contribution in [3.63, 3.8) is 0 Å². The maximum atomic E-state index is 10.1. The van der Waals surface area contributed by atoms with Crippen LogP contribution in [-0.2, 0) is 11.3 Å². The minimum atomic E-state index is -2.08. The molecule has 1 N–H and O–H groups in total. The SMILES string of the molecule is CCCCCCCCCNS(=O)[O-]. The van der Waals surface area contributed by atoms with Crippen molar-refractivity contribution in [1.82, 2.24) is 4.72 Å². The molecule has 1 atom stereocenters. The molecule has 0 saturated carbocycles. The van der Waals surface area contributed by atoms with Crippen molar-refractivity contribution in [2.45, 2.75) is 51.9 Å². The number of rotatable bonds is 9. The number of nitrogens with one attached hydrogen (secondary N) is 1. The van der Waals surface area contributed by atoms with E-state index in [0.717, 1.165) is 12.8 Å². The highest BCUT2D eigenvalue weighted by Crippen LogP contribution is 2.06. The van der Waals surface area contributed by atoms with E-state index in [1.807, 2.05) is 0 Å². The molecule has 0 aromatic heterocycles. The summed E-state index contributed by atoms with van der Waals surface area (Å²) in [6, 6.07) is 0. The average molecular weight is 206 g/mol. The Balaban J connectivity index is 2.87. The van der Waals surface area contributed by atoms with Gasteiger partial charge in [-0.25, -0.2) is 4.72 Å². The second-order valence-corrected chi connectivity index (χ2v) is 4.01. The van der Waals surface area contributed by atoms with Gasteiger partial charge in [0.25, 0.3) is 0 Å². The Bertz CT molecular complexity index is 131. The molecule has 0 saturated heterocycles. The van der Waals surface area contributed by atoms with Crippen LogP contribution >= 0.6 is 0 Å². The fraction of sp³-hybridized carbons (Fsp3) is 1.00. The smallest absolute Gasteiger partial charge is 0.0181 e. The summed E-state index contributed by atoms with van der Waals surface area (Å²) in [5, 5.41) is 0. The molecular formula is C9H20NO2S-. The first kappa shape index (κ1) is 13.1. The summed E-state index contributed by atoms with van der Waals surface area (Å²) < 4.78 is 22.5. The zero-order valence-electron chi connectivity index (χ0n) is 8.38. The highest BCUT2D eigenvalue weighted by molar-refractivity contribution is 7.77. The monoisotopic (exact) mass is 206 g/mol. The fourth-order valence-corrected chi connectivity index (χ4v) is 1.55. The Morgan fingerprint density at radius 1 is 1.08 bits per heavy atom. The van der Waals surface area contributed by atoms with Gasteiger partial charge in [-0.05, 0) is 6.42 Å². The summed E-state index contributed by atoms with van der Waals surface area (Å²) in [6.45, 7) is 2.79. The van der Waals surface area contributed by atoms with Gasteiger partial charge in [-0.2, -0.15) is 0 Å². The molecule has 0 heterocycles. The Morgan fingerprint density at radius 3 is 2.15 bits per heavy atom. The molecule has 3 nitrogen and oxygen atoms in total. The van der Waals surface area contributed by atoms with Gasteiger partial charge < -0.3 is 4.55 Å². The van der Waals surface area contributed by atoms with E-state index in [1.54, 1.807) is 0 Å². The maximum Gasteiger partial charge on any atom is 0.0181 e. The summed E-state index contributed by atoms with van der Waals surface area (Å²) >= 11 is -2.08. The molecule has 0 amide bonds. The second-order valence-electron chi connectivity index (χ2n) is 3.25. The molecule has 0 spiro atoms. The van der Waals surface area contributed by atoms with Crippen LogP contribution in [0.2, 0.25) is 0 Å². The zero-order valence-corrected chi connectivity index (χ0v) is 9.20. The van der Waals surface area contributed by atoms with Gasteiger partial charge in [0, 0.05) is 17.8 Å². The first-order chi connectivity index (χ1) is 6.27. The quantitative estimate of drug-likeness (QED) is 0.464. The van der Waals surface area contributed by atoms with E-state index in [0.29, 0.717) is 6.54 Å². The minimum Gasteiger partial charge on any atom is -0.760 e. The predicted octanol–water partition coefficient (Wildman–Crippen LogP) is 2.12. The molecule has 0 aliphatic carbocycles. The van der Waals surface area contributed by atoms with Crippen molar-refractivity contribution in [2.75, 3.05) is 6.54 Å². The molecule has 0 rings (SSSR count). The van der Waals surface area contributed by atoms with Crippen LogP contribution in [0.15, 0.2) is 0 Å². The standard InChI is InChI=1S/C9H21NO2S/c1-2-3-4-5-6-7-8-9-10-13(11)12/h10H,2-9H2,1H3,(H,11,12)/p-1. The first-order valence-electron chi connectivity index (χ1n) is 5.10. The van der Waals surface area contributed by atoms with Crippen molar-refractivity contribution in [1.29, 1.82) is 0 Å². The topological polar surface area (TPSA) is 52.2 Å². The third kappa shape index (κ3) is 12.1. The van der Waals surface area contributed by atoms with Crippen molar-refractivity contribution >= 4 is 11.3 Å². The first-order valence-corrected chi connectivity index (χ1v) is 6.17. The van der Waals surface area contributed by atoms with Crippen molar-refractivity contribution < 1.29 is 8.76 Å². The van der Waals surface area contributed by atoms with Crippen LogP contribution in [-0.4, -0.2) is 15.3 Å². The van der Waals surface area contributed by atoms with Crippen LogP contribution in [0, 0.1) is 0 Å². The Hall–Kier alpha value is 0.0700. The molecule has 0 aromatic carbocycles. The van der Waals surface area contributed by atoms with E-state index in [1.165, 1.54) is 32.1 Å². The molecule has 0 aliphatic rings. The molecule has 1 unspecified atom stereocenters. The zero-order chi connectivity index (χ0) is 9.94. The molecule has 0 radical (unpaired) electrons. The molecule has 0 fully saturated rings. The molecule has 0 bridgehead atoms. The van der Waals surface area contributed by atoms with Gasteiger partial charge in [0.15, 0.2) is 0 Å². The van der Waals surface area contributed by atoms with Gasteiger partial charge in [0.2, 0.25) is 0 Å². The van der Waals surface area contributed by atoms with E-state index in [4.69, 9.17) is 0 Å². The van der Waals surface area contributed by atoms with Gasteiger partial charge >= 0.3 is 0 Å². The average Bonchev–Trinajstić information content (AvgIpc) is 2.09. The molecule has 4 heteroatoms. The lowest BCUT2D eigenvalue weighted by molar-refractivity contribution is 0.517. The summed E-state index contributed by atoms with van der Waals surface area (Å²) in [5.74, 6) is 0. The third-order valence-corrected chi connectivity index (χ3v) is 2.44. The Kier molecular flexibility index (Phi) is 10.2. The molecule has 13 heavy (non-hydrogen) atoms. The number of unbranched alkanes of at least 4 members (excludes halogenated alkanes) is 6. The molecule has 0 aromatic rings. The van der Waals surface area contributed by atoms with E-state index in [-0.39, 0.29) is 0 Å². The normalized spacial score (nSPS) is 13.1. The van der Waals surface area contributed by atoms with Gasteiger partial charge in [0.05, 0.1) is 0 Å². The van der Waals surface area contributed by atoms with Crippen molar-refractivity contribution in [3.05, 3.63) is 0 Å². The van der Waals surface area contributed by atoms with Crippen LogP contribution in [0.4, 0.5) is 0 Å². The Labute approximate surface area is 83.7 Å². The lowest BCUT2D eigenvalue weighted by atomic mass is 10.1. The number of hydrogen-bond acceptors (Lipinski definition) is 2. The van der Waals surface area contributed by atoms with E-state index >= 15 is 0 Å². The van der Waals surface area contributed by atoms with E-state index < -0.39 is 11.3 Å². The summed E-state index contributed by atoms with van der Waals surface area (Å²) in [6.07, 6.45) is 8.52. The third-order valence-electron chi connectivity index (χ3n) is 2.00. The molecule has 80 valence electrons. The maximum absolute atomic E-state index is 10.1. The van der Waals surface area contributed by atoms with Gasteiger partial charge in [-0.15, -0.1) is 0 Å². The second kappa shape index (κ2) is 10.2. The lowest BCUT2D eigenvalue weighted by Crippen LogP contribution is -2.17. The van der Waals surface area contributed by atoms with Crippen LogP contribution in [0.25, 0.3) is 0 Å². The van der Waals surface area contributed by atoms with Crippen molar-refractivity contribution in [3.8, 4) is 0 Å². The summed E-state index contributed by atoms with van der Waals surface area (Å²) in [4.78, 5) is 0. The highest BCUT2D eigenvalue weighted by Gasteiger charge is 1.90. The Morgan fingerprint density at radius 2 is 1.62 bits per heavy atom. The molecule has 0 aliphatic heterocycles. The summed E-state index contributed by atoms with van der Waals surface area (Å²) in [5.41, 5.74) is 0. The molecular weight excluding hydrogens is 186 g/mol. The number of hydrogen-bond donors (Lipinski definition) is 1. The van der Waals surface area contributed by atoms with E-state index in [9.17, 15) is 8.76 Å². The lowest BCUT2D eigenvalue weighted by Gasteiger charge is -2.06. The van der Waals surface area contributed by atoms with Crippen LogP contribution in [0.5, 0.6) is 0 Å². The van der Waals surface area contributed by atoms with Crippen molar-refractivity contribution in [2.24, 2.45) is 0 Å². The fourth-order valence-electron chi connectivity index (χ4n) is 1.24. The predicted molar refractivity (Wildman–Crippen MR) is 54.9 cm³/mol. The van der Waals surface area contributed by atoms with Crippen LogP contribution < -0.4 is 4.72 Å². The van der Waals surface area contributed by atoms with Crippen LogP contribution in [0.1, 0.15) is 51.9 Å². The minimum absolute atomic E-state index is 0.587. The van der Waals surface area contributed by atoms with Gasteiger partial charge in [-0.1, -0.05) is 45.4 Å². The highest BCUT2D eigenvalue weighted by atomic mass is 32.2.